The van der Waals surface area contributed by atoms with Crippen molar-refractivity contribution in [2.24, 2.45) is 5.92 Å². The molecular formula is C18H29N3O2. The van der Waals surface area contributed by atoms with Crippen LogP contribution in [0, 0.1) is 5.92 Å². The standard InChI is InChI=1S/C18H29N3O2/c1-4-21(5-2)17(14-7-6-8-16(11-14)23-3)13-20-18(22)15-9-10-19-12-15/h6-8,11,15,17,19H,4-5,9-10,12-13H2,1-3H3,(H,20,22). The molecule has 1 aromatic rings. The van der Waals surface area contributed by atoms with E-state index in [-0.39, 0.29) is 17.9 Å². The summed E-state index contributed by atoms with van der Waals surface area (Å²) < 4.78 is 5.34. The summed E-state index contributed by atoms with van der Waals surface area (Å²) in [4.78, 5) is 14.7. The molecule has 1 saturated heterocycles. The van der Waals surface area contributed by atoms with Crippen LogP contribution < -0.4 is 15.4 Å². The van der Waals surface area contributed by atoms with Gasteiger partial charge in [0.1, 0.15) is 5.75 Å². The fourth-order valence-corrected chi connectivity index (χ4v) is 3.19. The highest BCUT2D eigenvalue weighted by molar-refractivity contribution is 5.79. The summed E-state index contributed by atoms with van der Waals surface area (Å²) >= 11 is 0. The number of likely N-dealkylation sites (N-methyl/N-ethyl adjacent to an activating group) is 1. The fourth-order valence-electron chi connectivity index (χ4n) is 3.19. The molecule has 1 amide bonds. The van der Waals surface area contributed by atoms with Crippen LogP contribution in [-0.2, 0) is 4.79 Å². The molecule has 128 valence electrons. The van der Waals surface area contributed by atoms with Crippen molar-refractivity contribution in [3.8, 4) is 5.75 Å². The first-order valence-electron chi connectivity index (χ1n) is 8.56. The van der Waals surface area contributed by atoms with Crippen LogP contribution in [0.1, 0.15) is 31.9 Å². The third-order valence-corrected chi connectivity index (χ3v) is 4.63. The van der Waals surface area contributed by atoms with E-state index in [2.05, 4.69) is 41.5 Å². The summed E-state index contributed by atoms with van der Waals surface area (Å²) in [5, 5.41) is 6.39. The van der Waals surface area contributed by atoms with Crippen molar-refractivity contribution >= 4 is 5.91 Å². The van der Waals surface area contributed by atoms with E-state index in [0.717, 1.165) is 38.3 Å². The van der Waals surface area contributed by atoms with Gasteiger partial charge in [0, 0.05) is 13.1 Å². The molecular weight excluding hydrogens is 290 g/mol. The molecule has 1 heterocycles. The lowest BCUT2D eigenvalue weighted by Gasteiger charge is -2.30. The van der Waals surface area contributed by atoms with Crippen LogP contribution in [0.4, 0.5) is 0 Å². The number of benzene rings is 1. The summed E-state index contributed by atoms with van der Waals surface area (Å²) in [6.45, 7) is 8.55. The Bertz CT molecular complexity index is 497. The molecule has 23 heavy (non-hydrogen) atoms. The number of nitrogens with zero attached hydrogens (tertiary/aromatic N) is 1. The van der Waals surface area contributed by atoms with Gasteiger partial charge in [0.2, 0.25) is 5.91 Å². The van der Waals surface area contributed by atoms with E-state index < -0.39 is 0 Å². The summed E-state index contributed by atoms with van der Waals surface area (Å²) in [5.41, 5.74) is 1.18. The maximum atomic E-state index is 12.3. The summed E-state index contributed by atoms with van der Waals surface area (Å²) in [7, 11) is 1.68. The highest BCUT2D eigenvalue weighted by atomic mass is 16.5. The first kappa shape index (κ1) is 17.8. The zero-order valence-corrected chi connectivity index (χ0v) is 14.5. The molecule has 1 aliphatic rings. The maximum Gasteiger partial charge on any atom is 0.224 e. The quantitative estimate of drug-likeness (QED) is 0.767. The van der Waals surface area contributed by atoms with E-state index in [1.807, 2.05) is 12.1 Å². The minimum Gasteiger partial charge on any atom is -0.497 e. The Labute approximate surface area is 139 Å². The maximum absolute atomic E-state index is 12.3. The van der Waals surface area contributed by atoms with Gasteiger partial charge in [-0.15, -0.1) is 0 Å². The van der Waals surface area contributed by atoms with E-state index >= 15 is 0 Å². The van der Waals surface area contributed by atoms with Gasteiger partial charge in [0.05, 0.1) is 19.1 Å². The third-order valence-electron chi connectivity index (χ3n) is 4.63. The molecule has 5 nitrogen and oxygen atoms in total. The van der Waals surface area contributed by atoms with Crippen LogP contribution in [0.25, 0.3) is 0 Å². The normalized spacial score (nSPS) is 18.9. The molecule has 0 bridgehead atoms. The van der Waals surface area contributed by atoms with Crippen molar-refractivity contribution < 1.29 is 9.53 Å². The van der Waals surface area contributed by atoms with Crippen molar-refractivity contribution in [2.45, 2.75) is 26.3 Å². The molecule has 0 aliphatic carbocycles. The number of hydrogen-bond acceptors (Lipinski definition) is 4. The molecule has 0 spiro atoms. The predicted molar refractivity (Wildman–Crippen MR) is 92.6 cm³/mol. The van der Waals surface area contributed by atoms with E-state index in [1.165, 1.54) is 5.56 Å². The number of nitrogens with one attached hydrogen (secondary N) is 2. The van der Waals surface area contributed by atoms with Gasteiger partial charge in [-0.25, -0.2) is 0 Å². The molecule has 5 heteroatoms. The van der Waals surface area contributed by atoms with Gasteiger partial charge in [0.15, 0.2) is 0 Å². The molecule has 1 aromatic carbocycles. The van der Waals surface area contributed by atoms with E-state index in [4.69, 9.17) is 4.74 Å². The minimum absolute atomic E-state index is 0.109. The second kappa shape index (κ2) is 8.89. The highest BCUT2D eigenvalue weighted by Gasteiger charge is 2.24. The Morgan fingerprint density at radius 2 is 2.22 bits per heavy atom. The first-order chi connectivity index (χ1) is 11.2. The molecule has 2 N–H and O–H groups in total. The van der Waals surface area contributed by atoms with Crippen molar-refractivity contribution in [1.29, 1.82) is 0 Å². The molecule has 0 radical (unpaired) electrons. The zero-order chi connectivity index (χ0) is 16.7. The van der Waals surface area contributed by atoms with Crippen LogP contribution in [0.3, 0.4) is 0 Å². The Morgan fingerprint density at radius 1 is 1.43 bits per heavy atom. The number of hydrogen-bond donors (Lipinski definition) is 2. The molecule has 0 saturated carbocycles. The first-order valence-corrected chi connectivity index (χ1v) is 8.56. The van der Waals surface area contributed by atoms with Crippen molar-refractivity contribution in [3.05, 3.63) is 29.8 Å². The number of amides is 1. The molecule has 1 fully saturated rings. The zero-order valence-electron chi connectivity index (χ0n) is 14.5. The average molecular weight is 319 g/mol. The number of rotatable bonds is 8. The largest absolute Gasteiger partial charge is 0.497 e. The third kappa shape index (κ3) is 4.69. The van der Waals surface area contributed by atoms with Gasteiger partial charge in [-0.3, -0.25) is 9.69 Å². The Balaban J connectivity index is 2.08. The van der Waals surface area contributed by atoms with Gasteiger partial charge < -0.3 is 15.4 Å². The fraction of sp³-hybridized carbons (Fsp3) is 0.611. The van der Waals surface area contributed by atoms with Gasteiger partial charge in [-0.1, -0.05) is 26.0 Å². The molecule has 2 atom stereocenters. The number of methoxy groups -OCH3 is 1. The highest BCUT2D eigenvalue weighted by Crippen LogP contribution is 2.24. The smallest absolute Gasteiger partial charge is 0.224 e. The molecule has 2 rings (SSSR count). The Morgan fingerprint density at radius 3 is 2.83 bits per heavy atom. The van der Waals surface area contributed by atoms with Crippen molar-refractivity contribution in [1.82, 2.24) is 15.5 Å². The van der Waals surface area contributed by atoms with Gasteiger partial charge in [0.25, 0.3) is 0 Å². The van der Waals surface area contributed by atoms with E-state index in [1.54, 1.807) is 7.11 Å². The summed E-state index contributed by atoms with van der Waals surface area (Å²) in [5.74, 6) is 1.12. The lowest BCUT2D eigenvalue weighted by Crippen LogP contribution is -2.40. The summed E-state index contributed by atoms with van der Waals surface area (Å²) in [6.07, 6.45) is 0.931. The monoisotopic (exact) mass is 319 g/mol. The van der Waals surface area contributed by atoms with E-state index in [9.17, 15) is 4.79 Å². The Hall–Kier alpha value is -1.59. The van der Waals surface area contributed by atoms with Crippen LogP contribution in [0.5, 0.6) is 5.75 Å². The number of ether oxygens (including phenoxy) is 1. The van der Waals surface area contributed by atoms with Crippen LogP contribution in [0.2, 0.25) is 0 Å². The SMILES string of the molecule is CCN(CC)C(CNC(=O)C1CCNC1)c1cccc(OC)c1. The average Bonchev–Trinajstić information content (AvgIpc) is 3.13. The van der Waals surface area contributed by atoms with Crippen molar-refractivity contribution in [3.63, 3.8) is 0 Å². The number of carbonyl (C=O) groups excluding carboxylic acids is 1. The van der Waals surface area contributed by atoms with Gasteiger partial charge in [-0.05, 0) is 43.8 Å². The van der Waals surface area contributed by atoms with Crippen molar-refractivity contribution in [2.75, 3.05) is 39.8 Å². The van der Waals surface area contributed by atoms with E-state index in [0.29, 0.717) is 6.54 Å². The van der Waals surface area contributed by atoms with Gasteiger partial charge >= 0.3 is 0 Å². The summed E-state index contributed by atoms with van der Waals surface area (Å²) in [6, 6.07) is 8.29. The lowest BCUT2D eigenvalue weighted by atomic mass is 10.0. The Kier molecular flexibility index (Phi) is 6.86. The van der Waals surface area contributed by atoms with Crippen LogP contribution in [0.15, 0.2) is 24.3 Å². The second-order valence-corrected chi connectivity index (χ2v) is 5.95. The second-order valence-electron chi connectivity index (χ2n) is 5.95. The van der Waals surface area contributed by atoms with Crippen LogP contribution in [-0.4, -0.2) is 50.6 Å². The van der Waals surface area contributed by atoms with Gasteiger partial charge in [-0.2, -0.15) is 0 Å². The lowest BCUT2D eigenvalue weighted by molar-refractivity contribution is -0.124. The minimum atomic E-state index is 0.109. The molecule has 0 aromatic heterocycles. The topological polar surface area (TPSA) is 53.6 Å². The number of carbonyl (C=O) groups is 1. The molecule has 2 unspecified atom stereocenters. The molecule has 1 aliphatic heterocycles. The van der Waals surface area contributed by atoms with Crippen LogP contribution >= 0.6 is 0 Å². The predicted octanol–water partition coefficient (Wildman–Crippen LogP) is 1.80.